The normalized spacial score (nSPS) is 27.4. The standard InChI is InChI=1S/C16H33N3O/c1-13(2)17-6-7-18(16(11-17)12-20-5)8-15-9-19(10-15)14(3)4/h13-16H,6-12H2,1-5H3/t16-/m1/s1. The Morgan fingerprint density at radius 3 is 2.15 bits per heavy atom. The van der Waals surface area contributed by atoms with E-state index in [1.807, 2.05) is 7.11 Å². The number of hydrogen-bond donors (Lipinski definition) is 0. The van der Waals surface area contributed by atoms with Crippen molar-refractivity contribution in [3.8, 4) is 0 Å². The highest BCUT2D eigenvalue weighted by Crippen LogP contribution is 2.22. The number of likely N-dealkylation sites (tertiary alicyclic amines) is 1. The van der Waals surface area contributed by atoms with Crippen LogP contribution in [-0.2, 0) is 4.74 Å². The van der Waals surface area contributed by atoms with E-state index in [9.17, 15) is 0 Å². The van der Waals surface area contributed by atoms with Gasteiger partial charge < -0.3 is 9.64 Å². The first-order valence-electron chi connectivity index (χ1n) is 8.22. The summed E-state index contributed by atoms with van der Waals surface area (Å²) in [4.78, 5) is 7.83. The molecule has 0 aromatic rings. The Morgan fingerprint density at radius 2 is 1.60 bits per heavy atom. The summed E-state index contributed by atoms with van der Waals surface area (Å²) in [6.07, 6.45) is 0. The molecular formula is C16H33N3O. The Kier molecular flexibility index (Phi) is 5.84. The van der Waals surface area contributed by atoms with Crippen molar-refractivity contribution in [3.05, 3.63) is 0 Å². The second-order valence-electron chi connectivity index (χ2n) is 7.11. The predicted octanol–water partition coefficient (Wildman–Crippen LogP) is 1.37. The average Bonchev–Trinajstić information content (AvgIpc) is 2.34. The van der Waals surface area contributed by atoms with E-state index in [1.165, 1.54) is 32.7 Å². The van der Waals surface area contributed by atoms with Crippen LogP contribution in [0.15, 0.2) is 0 Å². The molecular weight excluding hydrogens is 250 g/mol. The van der Waals surface area contributed by atoms with Gasteiger partial charge in [-0.2, -0.15) is 0 Å². The van der Waals surface area contributed by atoms with Crippen LogP contribution in [0, 0.1) is 5.92 Å². The van der Waals surface area contributed by atoms with Crippen molar-refractivity contribution in [1.82, 2.24) is 14.7 Å². The van der Waals surface area contributed by atoms with Crippen molar-refractivity contribution >= 4 is 0 Å². The third-order valence-corrected chi connectivity index (χ3v) is 4.93. The van der Waals surface area contributed by atoms with Gasteiger partial charge in [0.2, 0.25) is 0 Å². The van der Waals surface area contributed by atoms with Crippen molar-refractivity contribution in [3.63, 3.8) is 0 Å². The maximum Gasteiger partial charge on any atom is 0.0630 e. The van der Waals surface area contributed by atoms with Gasteiger partial charge in [-0.3, -0.25) is 9.80 Å². The van der Waals surface area contributed by atoms with E-state index in [0.29, 0.717) is 18.1 Å². The Morgan fingerprint density at radius 1 is 0.950 bits per heavy atom. The molecule has 0 unspecified atom stereocenters. The first-order chi connectivity index (χ1) is 9.51. The van der Waals surface area contributed by atoms with Crippen LogP contribution >= 0.6 is 0 Å². The molecule has 2 heterocycles. The van der Waals surface area contributed by atoms with Gasteiger partial charge in [-0.15, -0.1) is 0 Å². The summed E-state index contributed by atoms with van der Waals surface area (Å²) < 4.78 is 5.45. The molecule has 0 aromatic heterocycles. The SMILES string of the molecule is COC[C@H]1CN(C(C)C)CCN1CC1CN(C(C)C)C1. The lowest BCUT2D eigenvalue weighted by Crippen LogP contribution is -2.61. The number of piperazine rings is 1. The Labute approximate surface area is 125 Å². The minimum absolute atomic E-state index is 0.573. The summed E-state index contributed by atoms with van der Waals surface area (Å²) in [6.45, 7) is 17.4. The van der Waals surface area contributed by atoms with Gasteiger partial charge in [0.1, 0.15) is 0 Å². The van der Waals surface area contributed by atoms with Crippen LogP contribution in [-0.4, -0.2) is 85.8 Å². The fourth-order valence-corrected chi connectivity index (χ4v) is 3.46. The molecule has 0 amide bonds. The van der Waals surface area contributed by atoms with E-state index >= 15 is 0 Å². The van der Waals surface area contributed by atoms with E-state index in [-0.39, 0.29) is 0 Å². The second kappa shape index (κ2) is 7.21. The van der Waals surface area contributed by atoms with Crippen LogP contribution in [0.3, 0.4) is 0 Å². The average molecular weight is 283 g/mol. The minimum atomic E-state index is 0.573. The molecule has 0 aromatic carbocycles. The van der Waals surface area contributed by atoms with Gasteiger partial charge in [0.25, 0.3) is 0 Å². The number of ether oxygens (including phenoxy) is 1. The van der Waals surface area contributed by atoms with Crippen LogP contribution < -0.4 is 0 Å². The van der Waals surface area contributed by atoms with Gasteiger partial charge >= 0.3 is 0 Å². The highest BCUT2D eigenvalue weighted by Gasteiger charge is 2.34. The third kappa shape index (κ3) is 3.94. The lowest BCUT2D eigenvalue weighted by molar-refractivity contribution is -0.0209. The van der Waals surface area contributed by atoms with Crippen molar-refractivity contribution in [2.75, 3.05) is 53.0 Å². The number of methoxy groups -OCH3 is 1. The summed E-state index contributed by atoms with van der Waals surface area (Å²) in [5.41, 5.74) is 0. The van der Waals surface area contributed by atoms with E-state index in [1.54, 1.807) is 0 Å². The van der Waals surface area contributed by atoms with Gasteiger partial charge in [-0.25, -0.2) is 0 Å². The second-order valence-corrected chi connectivity index (χ2v) is 7.11. The number of nitrogens with zero attached hydrogens (tertiary/aromatic N) is 3. The van der Waals surface area contributed by atoms with Gasteiger partial charge in [-0.1, -0.05) is 0 Å². The molecule has 2 saturated heterocycles. The molecule has 0 radical (unpaired) electrons. The summed E-state index contributed by atoms with van der Waals surface area (Å²) >= 11 is 0. The van der Waals surface area contributed by atoms with Gasteiger partial charge in [0.15, 0.2) is 0 Å². The van der Waals surface area contributed by atoms with Crippen molar-refractivity contribution < 1.29 is 4.74 Å². The zero-order chi connectivity index (χ0) is 14.7. The molecule has 20 heavy (non-hydrogen) atoms. The fraction of sp³-hybridized carbons (Fsp3) is 1.00. The highest BCUT2D eigenvalue weighted by molar-refractivity contribution is 4.89. The molecule has 1 atom stereocenters. The molecule has 4 nitrogen and oxygen atoms in total. The third-order valence-electron chi connectivity index (χ3n) is 4.93. The molecule has 2 aliphatic rings. The molecule has 0 bridgehead atoms. The molecule has 2 fully saturated rings. The van der Waals surface area contributed by atoms with Gasteiger partial charge in [0, 0.05) is 64.5 Å². The van der Waals surface area contributed by atoms with Crippen molar-refractivity contribution in [1.29, 1.82) is 0 Å². The van der Waals surface area contributed by atoms with Gasteiger partial charge in [-0.05, 0) is 33.6 Å². The van der Waals surface area contributed by atoms with E-state index in [0.717, 1.165) is 19.1 Å². The largest absolute Gasteiger partial charge is 0.383 e. The van der Waals surface area contributed by atoms with Crippen LogP contribution in [0.1, 0.15) is 27.7 Å². The quantitative estimate of drug-likeness (QED) is 0.733. The van der Waals surface area contributed by atoms with E-state index in [4.69, 9.17) is 4.74 Å². The highest BCUT2D eigenvalue weighted by atomic mass is 16.5. The molecule has 118 valence electrons. The summed E-state index contributed by atoms with van der Waals surface area (Å²) in [6, 6.07) is 1.93. The van der Waals surface area contributed by atoms with Crippen molar-refractivity contribution in [2.24, 2.45) is 5.92 Å². The summed E-state index contributed by atoms with van der Waals surface area (Å²) in [7, 11) is 1.83. The predicted molar refractivity (Wildman–Crippen MR) is 84.1 cm³/mol. The number of hydrogen-bond acceptors (Lipinski definition) is 4. The van der Waals surface area contributed by atoms with E-state index < -0.39 is 0 Å². The van der Waals surface area contributed by atoms with Crippen LogP contribution in [0.5, 0.6) is 0 Å². The monoisotopic (exact) mass is 283 g/mol. The zero-order valence-corrected chi connectivity index (χ0v) is 14.0. The molecule has 4 heteroatoms. The Hall–Kier alpha value is -0.160. The van der Waals surface area contributed by atoms with Crippen LogP contribution in [0.2, 0.25) is 0 Å². The molecule has 2 rings (SSSR count). The Balaban J connectivity index is 1.81. The lowest BCUT2D eigenvalue weighted by atomic mass is 9.96. The van der Waals surface area contributed by atoms with Crippen molar-refractivity contribution in [2.45, 2.75) is 45.8 Å². The van der Waals surface area contributed by atoms with E-state index in [2.05, 4.69) is 42.4 Å². The molecule has 0 saturated carbocycles. The smallest absolute Gasteiger partial charge is 0.0630 e. The molecule has 2 aliphatic heterocycles. The van der Waals surface area contributed by atoms with Crippen LogP contribution in [0.25, 0.3) is 0 Å². The minimum Gasteiger partial charge on any atom is -0.383 e. The van der Waals surface area contributed by atoms with Crippen LogP contribution in [0.4, 0.5) is 0 Å². The first-order valence-corrected chi connectivity index (χ1v) is 8.22. The first kappa shape index (κ1) is 16.2. The topological polar surface area (TPSA) is 19.0 Å². The number of rotatable bonds is 6. The summed E-state index contributed by atoms with van der Waals surface area (Å²) in [5.74, 6) is 0.863. The van der Waals surface area contributed by atoms with Gasteiger partial charge in [0.05, 0.1) is 6.61 Å². The maximum absolute atomic E-state index is 5.45. The Bertz CT molecular complexity index is 289. The summed E-state index contributed by atoms with van der Waals surface area (Å²) in [5, 5.41) is 0. The maximum atomic E-state index is 5.45. The molecule has 0 aliphatic carbocycles. The zero-order valence-electron chi connectivity index (χ0n) is 14.0. The lowest BCUT2D eigenvalue weighted by Gasteiger charge is -2.48. The molecule has 0 N–H and O–H groups in total. The molecule has 0 spiro atoms. The fourth-order valence-electron chi connectivity index (χ4n) is 3.46.